The van der Waals surface area contributed by atoms with Gasteiger partial charge in [-0.15, -0.1) is 0 Å². The van der Waals surface area contributed by atoms with Crippen LogP contribution < -0.4 is 5.32 Å². The highest BCUT2D eigenvalue weighted by atomic mass is 16.5. The highest BCUT2D eigenvalue weighted by Gasteiger charge is 2.26. The maximum absolute atomic E-state index is 12.6. The zero-order valence-corrected chi connectivity index (χ0v) is 18.3. The first kappa shape index (κ1) is 22.8. The van der Waals surface area contributed by atoms with Crippen LogP contribution in [0.25, 0.3) is 12.2 Å². The lowest BCUT2D eigenvalue weighted by atomic mass is 9.98. The molecule has 0 aliphatic carbocycles. The van der Waals surface area contributed by atoms with Crippen LogP contribution in [-0.4, -0.2) is 25.2 Å². The molecule has 0 spiro atoms. The van der Waals surface area contributed by atoms with Crippen LogP contribution in [0.5, 0.6) is 0 Å². The van der Waals surface area contributed by atoms with Gasteiger partial charge in [0.15, 0.2) is 0 Å². The highest BCUT2D eigenvalue weighted by Crippen LogP contribution is 2.24. The average Bonchev–Trinajstić information content (AvgIpc) is 2.81. The van der Waals surface area contributed by atoms with Crippen molar-refractivity contribution in [3.05, 3.63) is 106 Å². The van der Waals surface area contributed by atoms with Gasteiger partial charge in [-0.3, -0.25) is 0 Å². The fourth-order valence-electron chi connectivity index (χ4n) is 3.24. The first-order chi connectivity index (χ1) is 15.5. The van der Waals surface area contributed by atoms with Crippen molar-refractivity contribution in [1.29, 1.82) is 0 Å². The molecule has 0 saturated heterocycles. The van der Waals surface area contributed by atoms with Crippen molar-refractivity contribution < 1.29 is 19.1 Å². The predicted molar refractivity (Wildman–Crippen MR) is 126 cm³/mol. The Bertz CT molecular complexity index is 978. The molecule has 0 amide bonds. The Kier molecular flexibility index (Phi) is 8.21. The maximum atomic E-state index is 12.6. The molecule has 0 atom stereocenters. The molecule has 2 aromatic rings. The topological polar surface area (TPSA) is 64.6 Å². The standard InChI is InChI=1S/C27H27NO4/c1-20-24(26(29)31-17-9-15-22-11-5-3-6-12-22)19-25(21(2)28-20)27(30)32-18-10-16-23-13-7-4-8-14-23/h3-16,28H,17-19H2,1-2H3. The van der Waals surface area contributed by atoms with E-state index in [2.05, 4.69) is 5.32 Å². The summed E-state index contributed by atoms with van der Waals surface area (Å²) in [5.41, 5.74) is 4.28. The second-order valence-electron chi connectivity index (χ2n) is 7.33. The summed E-state index contributed by atoms with van der Waals surface area (Å²) < 4.78 is 10.8. The Morgan fingerprint density at radius 2 is 1.16 bits per heavy atom. The van der Waals surface area contributed by atoms with E-state index in [4.69, 9.17) is 9.47 Å². The number of hydrogen-bond donors (Lipinski definition) is 1. The Morgan fingerprint density at radius 3 is 1.56 bits per heavy atom. The summed E-state index contributed by atoms with van der Waals surface area (Å²) in [7, 11) is 0. The van der Waals surface area contributed by atoms with Crippen molar-refractivity contribution in [2.75, 3.05) is 13.2 Å². The van der Waals surface area contributed by atoms with E-state index in [1.807, 2.05) is 72.8 Å². The van der Waals surface area contributed by atoms with E-state index in [1.165, 1.54) is 0 Å². The van der Waals surface area contributed by atoms with E-state index in [0.717, 1.165) is 11.1 Å². The quantitative estimate of drug-likeness (QED) is 0.596. The molecule has 0 fully saturated rings. The molecule has 1 heterocycles. The number of nitrogens with one attached hydrogen (secondary N) is 1. The molecule has 0 unspecified atom stereocenters. The van der Waals surface area contributed by atoms with E-state index < -0.39 is 11.9 Å². The molecule has 164 valence electrons. The summed E-state index contributed by atoms with van der Waals surface area (Å²) in [5.74, 6) is -0.899. The smallest absolute Gasteiger partial charge is 0.336 e. The van der Waals surface area contributed by atoms with Gasteiger partial charge in [-0.1, -0.05) is 72.8 Å². The monoisotopic (exact) mass is 429 g/mol. The Balaban J connectivity index is 1.52. The van der Waals surface area contributed by atoms with Crippen molar-refractivity contribution in [1.82, 2.24) is 5.32 Å². The summed E-state index contributed by atoms with van der Waals surface area (Å²) in [6.07, 6.45) is 7.53. The van der Waals surface area contributed by atoms with Gasteiger partial charge in [-0.25, -0.2) is 9.59 Å². The first-order valence-corrected chi connectivity index (χ1v) is 10.5. The van der Waals surface area contributed by atoms with Gasteiger partial charge in [0.2, 0.25) is 0 Å². The molecule has 2 aromatic carbocycles. The summed E-state index contributed by atoms with van der Waals surface area (Å²) >= 11 is 0. The third-order valence-corrected chi connectivity index (χ3v) is 4.97. The molecule has 5 heteroatoms. The molecular weight excluding hydrogens is 402 g/mol. The zero-order valence-electron chi connectivity index (χ0n) is 18.3. The molecule has 0 radical (unpaired) electrons. The van der Waals surface area contributed by atoms with E-state index in [-0.39, 0.29) is 19.6 Å². The number of benzene rings is 2. The van der Waals surface area contributed by atoms with Gasteiger partial charge in [-0.05, 0) is 37.1 Å². The van der Waals surface area contributed by atoms with Crippen LogP contribution in [0, 0.1) is 0 Å². The van der Waals surface area contributed by atoms with Crippen LogP contribution in [0.4, 0.5) is 0 Å². The van der Waals surface area contributed by atoms with E-state index in [9.17, 15) is 9.59 Å². The van der Waals surface area contributed by atoms with Gasteiger partial charge in [0.1, 0.15) is 13.2 Å². The van der Waals surface area contributed by atoms with Crippen molar-refractivity contribution in [2.24, 2.45) is 0 Å². The molecule has 0 bridgehead atoms. The van der Waals surface area contributed by atoms with Crippen molar-refractivity contribution in [3.63, 3.8) is 0 Å². The van der Waals surface area contributed by atoms with Crippen molar-refractivity contribution in [2.45, 2.75) is 20.3 Å². The number of allylic oxidation sites excluding steroid dienone is 2. The van der Waals surface area contributed by atoms with Crippen LogP contribution in [0.1, 0.15) is 31.4 Å². The summed E-state index contributed by atoms with van der Waals surface area (Å²) in [6.45, 7) is 3.89. The van der Waals surface area contributed by atoms with Crippen LogP contribution in [0.3, 0.4) is 0 Å². The molecular formula is C27H27NO4. The third-order valence-electron chi connectivity index (χ3n) is 4.97. The van der Waals surface area contributed by atoms with E-state index >= 15 is 0 Å². The number of esters is 2. The summed E-state index contributed by atoms with van der Waals surface area (Å²) in [6, 6.07) is 19.5. The van der Waals surface area contributed by atoms with Crippen LogP contribution in [-0.2, 0) is 19.1 Å². The SMILES string of the molecule is CC1=C(C(=O)OCC=Cc2ccccc2)CC(C(=O)OCC=Cc2ccccc2)=C(C)N1. The maximum Gasteiger partial charge on any atom is 0.336 e. The normalized spacial score (nSPS) is 14.1. The molecule has 1 aliphatic rings. The molecule has 32 heavy (non-hydrogen) atoms. The van der Waals surface area contributed by atoms with Gasteiger partial charge in [0.05, 0.1) is 11.1 Å². The van der Waals surface area contributed by atoms with Gasteiger partial charge >= 0.3 is 11.9 Å². The zero-order chi connectivity index (χ0) is 22.8. The predicted octanol–water partition coefficient (Wildman–Crippen LogP) is 5.04. The first-order valence-electron chi connectivity index (χ1n) is 10.5. The van der Waals surface area contributed by atoms with Gasteiger partial charge < -0.3 is 14.8 Å². The second kappa shape index (κ2) is 11.5. The van der Waals surface area contributed by atoms with Gasteiger partial charge in [-0.2, -0.15) is 0 Å². The van der Waals surface area contributed by atoms with Crippen LogP contribution >= 0.6 is 0 Å². The fourth-order valence-corrected chi connectivity index (χ4v) is 3.24. The molecule has 0 saturated carbocycles. The third kappa shape index (κ3) is 6.57. The number of carbonyl (C=O) groups excluding carboxylic acids is 2. The minimum Gasteiger partial charge on any atom is -0.458 e. The minimum absolute atomic E-state index is 0.150. The van der Waals surface area contributed by atoms with Gasteiger partial charge in [0, 0.05) is 17.8 Å². The number of dihydropyridines is 1. The Hall–Kier alpha value is -3.86. The average molecular weight is 430 g/mol. The minimum atomic E-state index is -0.450. The molecule has 0 aromatic heterocycles. The van der Waals surface area contributed by atoms with Crippen LogP contribution in [0.15, 0.2) is 95.4 Å². The van der Waals surface area contributed by atoms with E-state index in [1.54, 1.807) is 26.0 Å². The van der Waals surface area contributed by atoms with Crippen molar-refractivity contribution in [3.8, 4) is 0 Å². The van der Waals surface area contributed by atoms with Gasteiger partial charge in [0.25, 0.3) is 0 Å². The second-order valence-corrected chi connectivity index (χ2v) is 7.33. The summed E-state index contributed by atoms with van der Waals surface area (Å²) in [5, 5.41) is 3.10. The molecule has 5 nitrogen and oxygen atoms in total. The lowest BCUT2D eigenvalue weighted by molar-refractivity contribution is -0.138. The largest absolute Gasteiger partial charge is 0.458 e. The lowest BCUT2D eigenvalue weighted by Crippen LogP contribution is -2.26. The van der Waals surface area contributed by atoms with E-state index in [0.29, 0.717) is 22.5 Å². The number of carbonyl (C=O) groups is 2. The molecule has 3 rings (SSSR count). The number of rotatable bonds is 8. The highest BCUT2D eigenvalue weighted by molar-refractivity contribution is 5.96. The molecule has 1 aliphatic heterocycles. The Morgan fingerprint density at radius 1 is 0.750 bits per heavy atom. The number of ether oxygens (including phenoxy) is 2. The Labute approximate surface area is 188 Å². The fraction of sp³-hybridized carbons (Fsp3) is 0.185. The number of hydrogen-bond acceptors (Lipinski definition) is 5. The van der Waals surface area contributed by atoms with Crippen molar-refractivity contribution >= 4 is 24.1 Å². The lowest BCUT2D eigenvalue weighted by Gasteiger charge is -2.22. The van der Waals surface area contributed by atoms with Crippen LogP contribution in [0.2, 0.25) is 0 Å². The summed E-state index contributed by atoms with van der Waals surface area (Å²) in [4.78, 5) is 25.1. The molecule has 1 N–H and O–H groups in total.